The SMILES string of the molecule is Cc1nn(-c2ccc(Cl)cc2)cc1C(=O)NC1CCC(O)CC1. The van der Waals surface area contributed by atoms with E-state index in [1.807, 2.05) is 19.1 Å². The minimum atomic E-state index is -0.224. The number of aryl methyl sites for hydroxylation is 1. The lowest BCUT2D eigenvalue weighted by molar-refractivity contribution is 0.0867. The Morgan fingerprint density at radius 1 is 1.26 bits per heavy atom. The van der Waals surface area contributed by atoms with Crippen molar-refractivity contribution < 1.29 is 9.90 Å². The van der Waals surface area contributed by atoms with Gasteiger partial charge in [-0.3, -0.25) is 4.79 Å². The number of aromatic nitrogens is 2. The summed E-state index contributed by atoms with van der Waals surface area (Å²) in [6, 6.07) is 7.43. The van der Waals surface area contributed by atoms with E-state index in [-0.39, 0.29) is 18.1 Å². The summed E-state index contributed by atoms with van der Waals surface area (Å²) >= 11 is 5.89. The molecule has 2 N–H and O–H groups in total. The number of nitrogens with zero attached hydrogens (tertiary/aromatic N) is 2. The monoisotopic (exact) mass is 333 g/mol. The summed E-state index contributed by atoms with van der Waals surface area (Å²) in [6.07, 6.45) is 4.64. The summed E-state index contributed by atoms with van der Waals surface area (Å²) in [5.74, 6) is -0.107. The molecule has 0 saturated heterocycles. The molecule has 1 heterocycles. The van der Waals surface area contributed by atoms with Gasteiger partial charge in [0.15, 0.2) is 0 Å². The van der Waals surface area contributed by atoms with E-state index >= 15 is 0 Å². The van der Waals surface area contributed by atoms with Gasteiger partial charge in [0.25, 0.3) is 5.91 Å². The molecule has 1 aromatic heterocycles. The number of aliphatic hydroxyl groups is 1. The second-order valence-corrected chi connectivity index (χ2v) is 6.46. The number of hydrogen-bond acceptors (Lipinski definition) is 3. The van der Waals surface area contributed by atoms with Crippen molar-refractivity contribution in [3.63, 3.8) is 0 Å². The van der Waals surface area contributed by atoms with Crippen molar-refractivity contribution in [2.75, 3.05) is 0 Å². The first kappa shape index (κ1) is 16.0. The Hall–Kier alpha value is -1.85. The zero-order valence-corrected chi connectivity index (χ0v) is 13.8. The molecule has 0 radical (unpaired) electrons. The van der Waals surface area contributed by atoms with E-state index in [4.69, 9.17) is 11.6 Å². The molecule has 0 aliphatic heterocycles. The van der Waals surface area contributed by atoms with Crippen LogP contribution in [0.25, 0.3) is 5.69 Å². The minimum absolute atomic E-state index is 0.107. The van der Waals surface area contributed by atoms with Crippen LogP contribution in [0.5, 0.6) is 0 Å². The molecule has 1 saturated carbocycles. The van der Waals surface area contributed by atoms with Crippen LogP contribution >= 0.6 is 11.6 Å². The second kappa shape index (κ2) is 6.72. The molecule has 0 spiro atoms. The van der Waals surface area contributed by atoms with Crippen LogP contribution in [-0.2, 0) is 0 Å². The van der Waals surface area contributed by atoms with Gasteiger partial charge in [-0.1, -0.05) is 11.6 Å². The van der Waals surface area contributed by atoms with Crippen molar-refractivity contribution in [2.45, 2.75) is 44.8 Å². The van der Waals surface area contributed by atoms with Gasteiger partial charge in [0.1, 0.15) is 0 Å². The van der Waals surface area contributed by atoms with E-state index in [1.165, 1.54) is 0 Å². The maximum Gasteiger partial charge on any atom is 0.254 e. The maximum absolute atomic E-state index is 12.5. The number of nitrogens with one attached hydrogen (secondary N) is 1. The molecule has 0 unspecified atom stereocenters. The number of carbonyl (C=O) groups is 1. The van der Waals surface area contributed by atoms with Gasteiger partial charge in [-0.05, 0) is 56.9 Å². The van der Waals surface area contributed by atoms with Gasteiger partial charge < -0.3 is 10.4 Å². The fourth-order valence-corrected chi connectivity index (χ4v) is 3.02. The number of halogens is 1. The van der Waals surface area contributed by atoms with Crippen LogP contribution in [0.2, 0.25) is 5.02 Å². The van der Waals surface area contributed by atoms with Gasteiger partial charge in [0, 0.05) is 17.3 Å². The van der Waals surface area contributed by atoms with Crippen molar-refractivity contribution in [3.8, 4) is 5.69 Å². The molecule has 1 aromatic carbocycles. The molecule has 1 amide bonds. The van der Waals surface area contributed by atoms with Gasteiger partial charge >= 0.3 is 0 Å². The fourth-order valence-electron chi connectivity index (χ4n) is 2.89. The zero-order valence-electron chi connectivity index (χ0n) is 13.0. The van der Waals surface area contributed by atoms with Crippen LogP contribution in [0.15, 0.2) is 30.5 Å². The van der Waals surface area contributed by atoms with Crippen LogP contribution in [0.3, 0.4) is 0 Å². The smallest absolute Gasteiger partial charge is 0.254 e. The van der Waals surface area contributed by atoms with Gasteiger partial charge in [0.05, 0.1) is 23.0 Å². The normalized spacial score (nSPS) is 21.2. The predicted octanol–water partition coefficient (Wildman–Crippen LogP) is 2.87. The van der Waals surface area contributed by atoms with E-state index in [2.05, 4.69) is 10.4 Å². The number of rotatable bonds is 3. The van der Waals surface area contributed by atoms with Crippen molar-refractivity contribution in [1.29, 1.82) is 0 Å². The summed E-state index contributed by atoms with van der Waals surface area (Å²) in [5.41, 5.74) is 2.12. The molecule has 5 nitrogen and oxygen atoms in total. The average Bonchev–Trinajstić information content (AvgIpc) is 2.92. The van der Waals surface area contributed by atoms with E-state index in [9.17, 15) is 9.90 Å². The summed E-state index contributed by atoms with van der Waals surface area (Å²) in [5, 5.41) is 17.7. The molecule has 23 heavy (non-hydrogen) atoms. The fraction of sp³-hybridized carbons (Fsp3) is 0.412. The van der Waals surface area contributed by atoms with Crippen LogP contribution in [0.1, 0.15) is 41.7 Å². The quantitative estimate of drug-likeness (QED) is 0.907. The van der Waals surface area contributed by atoms with Gasteiger partial charge in [-0.15, -0.1) is 0 Å². The van der Waals surface area contributed by atoms with E-state index in [0.717, 1.165) is 31.4 Å². The minimum Gasteiger partial charge on any atom is -0.393 e. The van der Waals surface area contributed by atoms with Crippen molar-refractivity contribution in [3.05, 3.63) is 46.7 Å². The maximum atomic E-state index is 12.5. The summed E-state index contributed by atoms with van der Waals surface area (Å²) in [7, 11) is 0. The summed E-state index contributed by atoms with van der Waals surface area (Å²) in [6.45, 7) is 1.83. The lowest BCUT2D eigenvalue weighted by atomic mass is 9.93. The van der Waals surface area contributed by atoms with Crippen LogP contribution < -0.4 is 5.32 Å². The molecule has 1 fully saturated rings. The second-order valence-electron chi connectivity index (χ2n) is 6.03. The lowest BCUT2D eigenvalue weighted by Crippen LogP contribution is -2.38. The molecule has 0 atom stereocenters. The Bertz CT molecular complexity index is 688. The van der Waals surface area contributed by atoms with Gasteiger partial charge in [-0.25, -0.2) is 4.68 Å². The topological polar surface area (TPSA) is 67.2 Å². The third-order valence-electron chi connectivity index (χ3n) is 4.27. The van der Waals surface area contributed by atoms with Gasteiger partial charge in [0.2, 0.25) is 0 Å². The van der Waals surface area contributed by atoms with Crippen LogP contribution in [0, 0.1) is 6.92 Å². The van der Waals surface area contributed by atoms with Crippen molar-refractivity contribution in [2.24, 2.45) is 0 Å². The summed E-state index contributed by atoms with van der Waals surface area (Å²) in [4.78, 5) is 12.5. The number of benzene rings is 1. The first-order valence-electron chi connectivity index (χ1n) is 7.84. The highest BCUT2D eigenvalue weighted by Gasteiger charge is 2.23. The number of amides is 1. The molecule has 6 heteroatoms. The Balaban J connectivity index is 1.72. The molecule has 1 aliphatic rings. The first-order valence-corrected chi connectivity index (χ1v) is 8.22. The Morgan fingerprint density at radius 3 is 2.57 bits per heavy atom. The van der Waals surface area contributed by atoms with Crippen LogP contribution in [-0.4, -0.2) is 32.9 Å². The number of aliphatic hydroxyl groups excluding tert-OH is 1. The predicted molar refractivity (Wildman–Crippen MR) is 89.0 cm³/mol. The first-order chi connectivity index (χ1) is 11.0. The molecule has 3 rings (SSSR count). The zero-order chi connectivity index (χ0) is 16.4. The molecular formula is C17H20ClN3O2. The Kier molecular flexibility index (Phi) is 4.68. The molecule has 122 valence electrons. The van der Waals surface area contributed by atoms with Crippen molar-refractivity contribution in [1.82, 2.24) is 15.1 Å². The molecule has 2 aromatic rings. The largest absolute Gasteiger partial charge is 0.393 e. The van der Waals surface area contributed by atoms with Gasteiger partial charge in [-0.2, -0.15) is 5.10 Å². The highest BCUT2D eigenvalue weighted by molar-refractivity contribution is 6.30. The van der Waals surface area contributed by atoms with E-state index in [0.29, 0.717) is 16.3 Å². The highest BCUT2D eigenvalue weighted by atomic mass is 35.5. The molecule has 0 bridgehead atoms. The van der Waals surface area contributed by atoms with Crippen LogP contribution in [0.4, 0.5) is 0 Å². The lowest BCUT2D eigenvalue weighted by Gasteiger charge is -2.26. The third kappa shape index (κ3) is 3.74. The molecule has 1 aliphatic carbocycles. The molecular weight excluding hydrogens is 314 g/mol. The Morgan fingerprint density at radius 2 is 1.91 bits per heavy atom. The third-order valence-corrected chi connectivity index (χ3v) is 4.52. The Labute approximate surface area is 140 Å². The van der Waals surface area contributed by atoms with E-state index < -0.39 is 0 Å². The highest BCUT2D eigenvalue weighted by Crippen LogP contribution is 2.20. The average molecular weight is 334 g/mol. The summed E-state index contributed by atoms with van der Waals surface area (Å²) < 4.78 is 1.69. The number of hydrogen-bond donors (Lipinski definition) is 2. The van der Waals surface area contributed by atoms with Crippen molar-refractivity contribution >= 4 is 17.5 Å². The standard InChI is InChI=1S/C17H20ClN3O2/c1-11-16(17(23)19-13-4-8-15(22)9-5-13)10-21(20-11)14-6-2-12(18)3-7-14/h2-3,6-7,10,13,15,22H,4-5,8-9H2,1H3,(H,19,23). The number of carbonyl (C=O) groups excluding carboxylic acids is 1. The van der Waals surface area contributed by atoms with E-state index in [1.54, 1.807) is 23.0 Å².